The Morgan fingerprint density at radius 1 is 1.17 bits per heavy atom. The molecular formula is C19H25N3O. The molecule has 0 saturated carbocycles. The molecule has 2 N–H and O–H groups in total. The Morgan fingerprint density at radius 2 is 1.83 bits per heavy atom. The Morgan fingerprint density at radius 3 is 2.39 bits per heavy atom. The molecule has 0 atom stereocenters. The molecule has 23 heavy (non-hydrogen) atoms. The number of hydrogen-bond acceptors (Lipinski definition) is 3. The first kappa shape index (κ1) is 17.2. The molecule has 0 unspecified atom stereocenters. The highest BCUT2D eigenvalue weighted by molar-refractivity contribution is 5.95. The summed E-state index contributed by atoms with van der Waals surface area (Å²) in [5.41, 5.74) is 8.97. The third-order valence-electron chi connectivity index (χ3n) is 3.95. The van der Waals surface area contributed by atoms with Crippen molar-refractivity contribution in [3.8, 4) is 11.3 Å². The van der Waals surface area contributed by atoms with Gasteiger partial charge in [-0.2, -0.15) is 0 Å². The SMILES string of the molecule is Cc1nc(-c2ccccc2)ccc1C(=O)N(C)CC(C)(C)CN. The van der Waals surface area contributed by atoms with E-state index in [0.29, 0.717) is 18.7 Å². The molecule has 1 amide bonds. The normalized spacial score (nSPS) is 11.3. The minimum absolute atomic E-state index is 0.0175. The number of carbonyl (C=O) groups excluding carboxylic acids is 1. The van der Waals surface area contributed by atoms with Crippen LogP contribution in [-0.2, 0) is 0 Å². The number of benzene rings is 1. The zero-order valence-corrected chi connectivity index (χ0v) is 14.3. The molecule has 0 aliphatic heterocycles. The molecular weight excluding hydrogens is 286 g/mol. The zero-order chi connectivity index (χ0) is 17.0. The van der Waals surface area contributed by atoms with Crippen LogP contribution in [0.15, 0.2) is 42.5 Å². The molecule has 4 heteroatoms. The van der Waals surface area contributed by atoms with Gasteiger partial charge in [0.05, 0.1) is 17.0 Å². The van der Waals surface area contributed by atoms with Crippen molar-refractivity contribution in [2.45, 2.75) is 20.8 Å². The molecule has 2 rings (SSSR count). The van der Waals surface area contributed by atoms with E-state index in [1.165, 1.54) is 0 Å². The van der Waals surface area contributed by atoms with Gasteiger partial charge in [-0.15, -0.1) is 0 Å². The van der Waals surface area contributed by atoms with Crippen molar-refractivity contribution in [3.63, 3.8) is 0 Å². The minimum Gasteiger partial charge on any atom is -0.341 e. The maximum absolute atomic E-state index is 12.7. The van der Waals surface area contributed by atoms with E-state index >= 15 is 0 Å². The lowest BCUT2D eigenvalue weighted by Crippen LogP contribution is -2.40. The average Bonchev–Trinajstić information content (AvgIpc) is 2.54. The molecule has 0 spiro atoms. The fraction of sp³-hybridized carbons (Fsp3) is 0.368. The smallest absolute Gasteiger partial charge is 0.255 e. The van der Waals surface area contributed by atoms with Crippen LogP contribution < -0.4 is 5.73 Å². The van der Waals surface area contributed by atoms with E-state index in [9.17, 15) is 4.79 Å². The van der Waals surface area contributed by atoms with Gasteiger partial charge in [-0.3, -0.25) is 9.78 Å². The predicted molar refractivity (Wildman–Crippen MR) is 94.2 cm³/mol. The molecule has 0 bridgehead atoms. The highest BCUT2D eigenvalue weighted by atomic mass is 16.2. The summed E-state index contributed by atoms with van der Waals surface area (Å²) in [5, 5.41) is 0. The van der Waals surface area contributed by atoms with Gasteiger partial charge >= 0.3 is 0 Å². The second-order valence-electron chi connectivity index (χ2n) is 6.73. The maximum atomic E-state index is 12.7. The number of aryl methyl sites for hydroxylation is 1. The summed E-state index contributed by atoms with van der Waals surface area (Å²) >= 11 is 0. The quantitative estimate of drug-likeness (QED) is 0.923. The lowest BCUT2D eigenvalue weighted by atomic mass is 9.93. The Bertz CT molecular complexity index is 680. The van der Waals surface area contributed by atoms with Crippen LogP contribution in [0.3, 0.4) is 0 Å². The molecule has 4 nitrogen and oxygen atoms in total. The highest BCUT2D eigenvalue weighted by Crippen LogP contribution is 2.20. The second-order valence-corrected chi connectivity index (χ2v) is 6.73. The molecule has 0 radical (unpaired) electrons. The number of carbonyl (C=O) groups is 1. The van der Waals surface area contributed by atoms with Crippen LogP contribution in [0.25, 0.3) is 11.3 Å². The number of rotatable bonds is 5. The van der Waals surface area contributed by atoms with Crippen molar-refractivity contribution in [1.29, 1.82) is 0 Å². The summed E-state index contributed by atoms with van der Waals surface area (Å²) in [4.78, 5) is 19.0. The zero-order valence-electron chi connectivity index (χ0n) is 14.3. The van der Waals surface area contributed by atoms with E-state index in [2.05, 4.69) is 18.8 Å². The number of nitrogens with two attached hydrogens (primary N) is 1. The van der Waals surface area contributed by atoms with Gasteiger partial charge < -0.3 is 10.6 Å². The minimum atomic E-state index is -0.101. The summed E-state index contributed by atoms with van der Waals surface area (Å²) in [6, 6.07) is 13.7. The molecule has 0 fully saturated rings. The summed E-state index contributed by atoms with van der Waals surface area (Å²) in [5.74, 6) is -0.0175. The van der Waals surface area contributed by atoms with E-state index in [-0.39, 0.29) is 11.3 Å². The Labute approximate surface area is 138 Å². The fourth-order valence-electron chi connectivity index (χ4n) is 2.54. The summed E-state index contributed by atoms with van der Waals surface area (Å²) < 4.78 is 0. The molecule has 2 aromatic rings. The van der Waals surface area contributed by atoms with Gasteiger partial charge in [0.25, 0.3) is 5.91 Å². The van der Waals surface area contributed by atoms with Crippen LogP contribution >= 0.6 is 0 Å². The molecule has 1 heterocycles. The Kier molecular flexibility index (Phi) is 5.16. The lowest BCUT2D eigenvalue weighted by molar-refractivity contribution is 0.0739. The fourth-order valence-corrected chi connectivity index (χ4v) is 2.54. The summed E-state index contributed by atoms with van der Waals surface area (Å²) in [6.07, 6.45) is 0. The van der Waals surface area contributed by atoms with Crippen molar-refractivity contribution in [2.24, 2.45) is 11.1 Å². The number of pyridine rings is 1. The van der Waals surface area contributed by atoms with Crippen molar-refractivity contribution in [3.05, 3.63) is 53.7 Å². The first-order valence-electron chi connectivity index (χ1n) is 7.83. The molecule has 122 valence electrons. The van der Waals surface area contributed by atoms with Crippen LogP contribution in [0.4, 0.5) is 0 Å². The number of amides is 1. The van der Waals surface area contributed by atoms with E-state index in [0.717, 1.165) is 17.0 Å². The van der Waals surface area contributed by atoms with E-state index < -0.39 is 0 Å². The standard InChI is InChI=1S/C19H25N3O/c1-14-16(18(23)22(4)13-19(2,3)12-20)10-11-17(21-14)15-8-6-5-7-9-15/h5-11H,12-13,20H2,1-4H3. The number of hydrogen-bond donors (Lipinski definition) is 1. The van der Waals surface area contributed by atoms with Crippen LogP contribution in [0, 0.1) is 12.3 Å². The van der Waals surface area contributed by atoms with Crippen LogP contribution in [0.5, 0.6) is 0 Å². The van der Waals surface area contributed by atoms with Gasteiger partial charge in [0.1, 0.15) is 0 Å². The molecule has 1 aromatic carbocycles. The van der Waals surface area contributed by atoms with Gasteiger partial charge in [-0.1, -0.05) is 44.2 Å². The highest BCUT2D eigenvalue weighted by Gasteiger charge is 2.23. The van der Waals surface area contributed by atoms with Crippen LogP contribution in [0.1, 0.15) is 29.9 Å². The van der Waals surface area contributed by atoms with Crippen LogP contribution in [-0.4, -0.2) is 35.9 Å². The third-order valence-corrected chi connectivity index (χ3v) is 3.95. The summed E-state index contributed by atoms with van der Waals surface area (Å²) in [7, 11) is 1.81. The maximum Gasteiger partial charge on any atom is 0.255 e. The summed E-state index contributed by atoms with van der Waals surface area (Å²) in [6.45, 7) is 7.14. The van der Waals surface area contributed by atoms with Crippen molar-refractivity contribution < 1.29 is 4.79 Å². The Hall–Kier alpha value is -2.20. The molecule has 0 aliphatic rings. The van der Waals surface area contributed by atoms with Crippen molar-refractivity contribution in [2.75, 3.05) is 20.1 Å². The monoisotopic (exact) mass is 311 g/mol. The topological polar surface area (TPSA) is 59.2 Å². The van der Waals surface area contributed by atoms with E-state index in [1.54, 1.807) is 4.90 Å². The van der Waals surface area contributed by atoms with Crippen molar-refractivity contribution in [1.82, 2.24) is 9.88 Å². The molecule has 0 saturated heterocycles. The molecule has 0 aliphatic carbocycles. The lowest BCUT2D eigenvalue weighted by Gasteiger charge is -2.29. The van der Waals surface area contributed by atoms with Crippen LogP contribution in [0.2, 0.25) is 0 Å². The first-order valence-corrected chi connectivity index (χ1v) is 7.83. The molecule has 1 aromatic heterocycles. The third kappa shape index (κ3) is 4.17. The van der Waals surface area contributed by atoms with Gasteiger partial charge in [0, 0.05) is 19.2 Å². The van der Waals surface area contributed by atoms with E-state index in [1.807, 2.05) is 56.4 Å². The van der Waals surface area contributed by atoms with Gasteiger partial charge in [-0.05, 0) is 31.0 Å². The number of aromatic nitrogens is 1. The van der Waals surface area contributed by atoms with Gasteiger partial charge in [-0.25, -0.2) is 0 Å². The largest absolute Gasteiger partial charge is 0.341 e. The van der Waals surface area contributed by atoms with Gasteiger partial charge in [0.2, 0.25) is 0 Å². The number of nitrogens with zero attached hydrogens (tertiary/aromatic N) is 2. The predicted octanol–water partition coefficient (Wildman–Crippen LogP) is 3.11. The van der Waals surface area contributed by atoms with Gasteiger partial charge in [0.15, 0.2) is 0 Å². The average molecular weight is 311 g/mol. The Balaban J connectivity index is 2.22. The van der Waals surface area contributed by atoms with E-state index in [4.69, 9.17) is 5.73 Å². The first-order chi connectivity index (χ1) is 10.8. The van der Waals surface area contributed by atoms with Crippen molar-refractivity contribution >= 4 is 5.91 Å². The second kappa shape index (κ2) is 6.92.